The van der Waals surface area contributed by atoms with Crippen molar-refractivity contribution in [2.24, 2.45) is 0 Å². The Morgan fingerprint density at radius 3 is 3.00 bits per heavy atom. The zero-order valence-corrected chi connectivity index (χ0v) is 6.72. The highest BCUT2D eigenvalue weighted by molar-refractivity contribution is 6.30. The van der Waals surface area contributed by atoms with E-state index in [9.17, 15) is 0 Å². The lowest BCUT2D eigenvalue weighted by atomic mass is 10.3. The van der Waals surface area contributed by atoms with Crippen molar-refractivity contribution in [3.63, 3.8) is 0 Å². The molecular formula is C7H7ClN2O. The second-order valence-electron chi connectivity index (χ2n) is 1.89. The van der Waals surface area contributed by atoms with E-state index in [1.165, 1.54) is 13.3 Å². The molecule has 0 radical (unpaired) electrons. The van der Waals surface area contributed by atoms with Crippen LogP contribution in [-0.4, -0.2) is 18.0 Å². The summed E-state index contributed by atoms with van der Waals surface area (Å²) in [5.74, 6) is 0.0208. The molecule has 0 spiro atoms. The van der Waals surface area contributed by atoms with Gasteiger partial charge < -0.3 is 4.74 Å². The highest BCUT2D eigenvalue weighted by Crippen LogP contribution is 2.08. The molecule has 0 bridgehead atoms. The lowest BCUT2D eigenvalue weighted by molar-refractivity contribution is 0.399. The van der Waals surface area contributed by atoms with Gasteiger partial charge in [-0.05, 0) is 12.1 Å². The van der Waals surface area contributed by atoms with Crippen LogP contribution in [-0.2, 0) is 4.74 Å². The summed E-state index contributed by atoms with van der Waals surface area (Å²) >= 11 is 5.65. The van der Waals surface area contributed by atoms with Crippen LogP contribution in [0.3, 0.4) is 0 Å². The summed E-state index contributed by atoms with van der Waals surface area (Å²) in [5, 5.41) is 7.78. The molecule has 0 unspecified atom stereocenters. The summed E-state index contributed by atoms with van der Waals surface area (Å²) in [7, 11) is 1.42. The normalized spacial score (nSPS) is 9.27. The van der Waals surface area contributed by atoms with Crippen LogP contribution in [0.1, 0.15) is 5.69 Å². The van der Waals surface area contributed by atoms with Crippen molar-refractivity contribution in [2.75, 3.05) is 7.11 Å². The Labute approximate surface area is 69.5 Å². The number of nitrogens with one attached hydrogen (secondary N) is 1. The number of aromatic nitrogens is 1. The smallest absolute Gasteiger partial charge is 0.232 e. The van der Waals surface area contributed by atoms with Crippen LogP contribution in [0.4, 0.5) is 0 Å². The maximum absolute atomic E-state index is 7.23. The van der Waals surface area contributed by atoms with Gasteiger partial charge in [-0.25, -0.2) is 0 Å². The molecular weight excluding hydrogens is 164 g/mol. The van der Waals surface area contributed by atoms with E-state index in [-0.39, 0.29) is 5.90 Å². The number of rotatable bonds is 1. The number of methoxy groups -OCH3 is 1. The van der Waals surface area contributed by atoms with Crippen molar-refractivity contribution < 1.29 is 4.74 Å². The van der Waals surface area contributed by atoms with Crippen molar-refractivity contribution in [3.8, 4) is 0 Å². The molecule has 0 fully saturated rings. The zero-order chi connectivity index (χ0) is 8.27. The quantitative estimate of drug-likeness (QED) is 0.515. The summed E-state index contributed by atoms with van der Waals surface area (Å²) in [6.45, 7) is 0. The maximum atomic E-state index is 7.23. The fourth-order valence-electron chi connectivity index (χ4n) is 0.634. The summed E-state index contributed by atoms with van der Waals surface area (Å²) in [4.78, 5) is 3.88. The molecule has 4 heteroatoms. The van der Waals surface area contributed by atoms with E-state index < -0.39 is 0 Å². The van der Waals surface area contributed by atoms with E-state index in [1.807, 2.05) is 0 Å². The summed E-state index contributed by atoms with van der Waals surface area (Å²) < 4.78 is 4.65. The van der Waals surface area contributed by atoms with Gasteiger partial charge in [-0.1, -0.05) is 11.6 Å². The Morgan fingerprint density at radius 2 is 2.45 bits per heavy atom. The van der Waals surface area contributed by atoms with Crippen LogP contribution in [0.5, 0.6) is 0 Å². The minimum Gasteiger partial charge on any atom is -0.480 e. The van der Waals surface area contributed by atoms with Gasteiger partial charge in [0.05, 0.1) is 7.11 Å². The fourth-order valence-corrected chi connectivity index (χ4v) is 0.793. The van der Waals surface area contributed by atoms with Gasteiger partial charge >= 0.3 is 0 Å². The molecule has 1 aromatic rings. The number of halogens is 1. The number of pyridine rings is 1. The van der Waals surface area contributed by atoms with Crippen LogP contribution in [0, 0.1) is 5.41 Å². The lowest BCUT2D eigenvalue weighted by Gasteiger charge is -1.99. The molecule has 0 aromatic carbocycles. The molecule has 0 saturated heterocycles. The summed E-state index contributed by atoms with van der Waals surface area (Å²) in [5.41, 5.74) is 0.444. The number of hydrogen-bond acceptors (Lipinski definition) is 3. The summed E-state index contributed by atoms with van der Waals surface area (Å²) in [6, 6.07) is 3.22. The molecule has 0 saturated carbocycles. The second-order valence-corrected chi connectivity index (χ2v) is 2.33. The Balaban J connectivity index is 2.96. The van der Waals surface area contributed by atoms with Gasteiger partial charge in [0.2, 0.25) is 5.90 Å². The van der Waals surface area contributed by atoms with E-state index in [1.54, 1.807) is 12.1 Å². The number of hydrogen-bond donors (Lipinski definition) is 1. The van der Waals surface area contributed by atoms with Gasteiger partial charge in [-0.2, -0.15) is 0 Å². The third-order valence-electron chi connectivity index (χ3n) is 1.16. The second kappa shape index (κ2) is 3.34. The van der Waals surface area contributed by atoms with E-state index in [0.717, 1.165) is 0 Å². The Bertz CT molecular complexity index is 275. The minimum absolute atomic E-state index is 0.0208. The minimum atomic E-state index is 0.0208. The molecule has 58 valence electrons. The molecule has 0 aliphatic rings. The maximum Gasteiger partial charge on any atom is 0.232 e. The van der Waals surface area contributed by atoms with Gasteiger partial charge in [0.1, 0.15) is 5.69 Å². The van der Waals surface area contributed by atoms with Crippen LogP contribution >= 0.6 is 11.6 Å². The first-order valence-electron chi connectivity index (χ1n) is 2.98. The largest absolute Gasteiger partial charge is 0.480 e. The molecule has 1 aromatic heterocycles. The Kier molecular flexibility index (Phi) is 2.44. The van der Waals surface area contributed by atoms with Gasteiger partial charge in [0.25, 0.3) is 0 Å². The summed E-state index contributed by atoms with van der Waals surface area (Å²) in [6.07, 6.45) is 1.53. The molecule has 3 nitrogen and oxygen atoms in total. The first-order chi connectivity index (χ1) is 5.24. The van der Waals surface area contributed by atoms with Crippen LogP contribution in [0.2, 0.25) is 5.02 Å². The Hall–Kier alpha value is -1.09. The van der Waals surface area contributed by atoms with Gasteiger partial charge in [0.15, 0.2) is 0 Å². The number of ether oxygens (including phenoxy) is 1. The highest BCUT2D eigenvalue weighted by Gasteiger charge is 2.01. The third-order valence-corrected chi connectivity index (χ3v) is 1.39. The predicted octanol–water partition coefficient (Wildman–Crippen LogP) is 1.71. The standard InChI is InChI=1S/C7H7ClN2O/c1-11-7(9)6-4-5(8)2-3-10-6/h2-4,9H,1H3. The highest BCUT2D eigenvalue weighted by atomic mass is 35.5. The van der Waals surface area contributed by atoms with E-state index >= 15 is 0 Å². The number of nitrogens with zero attached hydrogens (tertiary/aromatic N) is 1. The molecule has 0 amide bonds. The molecule has 11 heavy (non-hydrogen) atoms. The average molecular weight is 171 g/mol. The molecule has 0 atom stereocenters. The SMILES string of the molecule is COC(=N)c1cc(Cl)ccn1. The monoisotopic (exact) mass is 170 g/mol. The predicted molar refractivity (Wildman–Crippen MR) is 43.1 cm³/mol. The molecule has 0 aliphatic heterocycles. The zero-order valence-electron chi connectivity index (χ0n) is 5.97. The molecule has 0 aliphatic carbocycles. The van der Waals surface area contributed by atoms with Crippen molar-refractivity contribution in [1.82, 2.24) is 4.98 Å². The fraction of sp³-hybridized carbons (Fsp3) is 0.143. The van der Waals surface area contributed by atoms with Gasteiger partial charge in [0, 0.05) is 11.2 Å². The van der Waals surface area contributed by atoms with Gasteiger partial charge in [-0.3, -0.25) is 10.4 Å². The van der Waals surface area contributed by atoms with Crippen LogP contribution < -0.4 is 0 Å². The third kappa shape index (κ3) is 1.91. The van der Waals surface area contributed by atoms with Crippen molar-refractivity contribution in [3.05, 3.63) is 29.0 Å². The topological polar surface area (TPSA) is 46.0 Å². The first-order valence-corrected chi connectivity index (χ1v) is 3.36. The van der Waals surface area contributed by atoms with Crippen molar-refractivity contribution in [1.29, 1.82) is 5.41 Å². The van der Waals surface area contributed by atoms with Crippen LogP contribution in [0.15, 0.2) is 18.3 Å². The van der Waals surface area contributed by atoms with Crippen LogP contribution in [0.25, 0.3) is 0 Å². The van der Waals surface area contributed by atoms with E-state index in [0.29, 0.717) is 10.7 Å². The van der Waals surface area contributed by atoms with E-state index in [2.05, 4.69) is 9.72 Å². The van der Waals surface area contributed by atoms with Crippen molar-refractivity contribution >= 4 is 17.5 Å². The first kappa shape index (κ1) is 8.01. The van der Waals surface area contributed by atoms with E-state index in [4.69, 9.17) is 17.0 Å². The Morgan fingerprint density at radius 1 is 1.73 bits per heavy atom. The van der Waals surface area contributed by atoms with Crippen molar-refractivity contribution in [2.45, 2.75) is 0 Å². The lowest BCUT2D eigenvalue weighted by Crippen LogP contribution is -2.03. The average Bonchev–Trinajstić information content (AvgIpc) is 2.03. The van der Waals surface area contributed by atoms with Gasteiger partial charge in [-0.15, -0.1) is 0 Å². The molecule has 1 heterocycles. The molecule has 1 rings (SSSR count). The molecule has 1 N–H and O–H groups in total.